The van der Waals surface area contributed by atoms with Gasteiger partial charge in [0.05, 0.1) is 11.3 Å². The van der Waals surface area contributed by atoms with Crippen molar-refractivity contribution in [2.75, 3.05) is 24.9 Å². The second-order valence-corrected chi connectivity index (χ2v) is 14.3. The number of nitrogens with one attached hydrogen (secondary N) is 1. The number of rotatable bonds is 11. The number of hydrogen-bond acceptors (Lipinski definition) is 6. The number of thioether (sulfide) groups is 1. The molecular weight excluding hydrogens is 599 g/mol. The number of carbonyl (C=O) groups is 2. The van der Waals surface area contributed by atoms with Crippen LogP contribution in [0.15, 0.2) is 107 Å². The fourth-order valence-corrected chi connectivity index (χ4v) is 7.73. The van der Waals surface area contributed by atoms with E-state index >= 15 is 0 Å². The second-order valence-electron chi connectivity index (χ2n) is 10.4. The van der Waals surface area contributed by atoms with Crippen LogP contribution in [0.5, 0.6) is 0 Å². The lowest BCUT2D eigenvalue weighted by molar-refractivity contribution is -0.118. The van der Waals surface area contributed by atoms with Crippen LogP contribution in [0.1, 0.15) is 40.3 Å². The third kappa shape index (κ3) is 7.30. The van der Waals surface area contributed by atoms with Crippen LogP contribution in [0.3, 0.4) is 0 Å². The highest BCUT2D eigenvalue weighted by molar-refractivity contribution is 7.99. The normalized spacial score (nSPS) is 15.1. The average Bonchev–Trinajstić information content (AvgIpc) is 3.33. The van der Waals surface area contributed by atoms with Crippen molar-refractivity contribution in [3.63, 3.8) is 0 Å². The van der Waals surface area contributed by atoms with E-state index in [1.807, 2.05) is 72.8 Å². The quantitative estimate of drug-likeness (QED) is 0.190. The van der Waals surface area contributed by atoms with Crippen LogP contribution < -0.4 is 5.32 Å². The molecule has 0 spiro atoms. The van der Waals surface area contributed by atoms with Crippen molar-refractivity contribution in [1.29, 1.82) is 0 Å². The zero-order valence-electron chi connectivity index (χ0n) is 24.1. The summed E-state index contributed by atoms with van der Waals surface area (Å²) in [5.41, 5.74) is 6.46. The molecule has 0 saturated carbocycles. The maximum Gasteiger partial charge on any atom is 0.407 e. The van der Waals surface area contributed by atoms with E-state index in [4.69, 9.17) is 4.74 Å². The van der Waals surface area contributed by atoms with Gasteiger partial charge in [0.2, 0.25) is 0 Å². The van der Waals surface area contributed by atoms with E-state index in [0.29, 0.717) is 5.75 Å². The summed E-state index contributed by atoms with van der Waals surface area (Å²) in [6, 6.07) is 30.6. The Labute approximate surface area is 263 Å². The van der Waals surface area contributed by atoms with Crippen molar-refractivity contribution >= 4 is 46.0 Å². The molecule has 2 unspecified atom stereocenters. The first-order valence-corrected chi connectivity index (χ1v) is 18.0. The van der Waals surface area contributed by atoms with Crippen LogP contribution in [0, 0.1) is 0 Å². The van der Waals surface area contributed by atoms with Crippen LogP contribution in [-0.2, 0) is 31.9 Å². The molecule has 222 valence electrons. The number of ether oxygens (including phenoxy) is 1. The van der Waals surface area contributed by atoms with Crippen LogP contribution in [0.25, 0.3) is 11.1 Å². The lowest BCUT2D eigenvalue weighted by Gasteiger charge is -2.22. The Morgan fingerprint density at radius 2 is 1.26 bits per heavy atom. The minimum Gasteiger partial charge on any atom is -0.612 e. The van der Waals surface area contributed by atoms with Crippen molar-refractivity contribution < 1.29 is 23.4 Å². The second kappa shape index (κ2) is 14.1. The van der Waals surface area contributed by atoms with E-state index in [1.54, 1.807) is 12.5 Å². The van der Waals surface area contributed by atoms with E-state index in [2.05, 4.69) is 29.6 Å². The van der Waals surface area contributed by atoms with E-state index in [-0.39, 0.29) is 23.6 Å². The van der Waals surface area contributed by atoms with E-state index < -0.39 is 34.5 Å². The van der Waals surface area contributed by atoms with Gasteiger partial charge >= 0.3 is 6.09 Å². The van der Waals surface area contributed by atoms with Crippen molar-refractivity contribution in [3.8, 4) is 11.1 Å². The summed E-state index contributed by atoms with van der Waals surface area (Å²) < 4.78 is 29.6. The number of fused-ring (bicyclic) bond motifs is 3. The molecular formula is C34H33NO5S3. The zero-order chi connectivity index (χ0) is 30.5. The first-order chi connectivity index (χ1) is 20.7. The predicted octanol–water partition coefficient (Wildman–Crippen LogP) is 6.48. The Bertz CT molecular complexity index is 1480. The fourth-order valence-electron chi connectivity index (χ4n) is 5.29. The van der Waals surface area contributed by atoms with Crippen LogP contribution in [0.2, 0.25) is 0 Å². The van der Waals surface area contributed by atoms with E-state index in [9.17, 15) is 18.7 Å². The summed E-state index contributed by atoms with van der Waals surface area (Å²) in [5.74, 6) is 0.0642. The first-order valence-electron chi connectivity index (χ1n) is 13.8. The molecule has 1 aliphatic carbocycles. The number of carbonyl (C=O) groups excluding carboxylic acids is 2. The molecule has 3 atom stereocenters. The first kappa shape index (κ1) is 31.2. The number of amides is 1. The molecule has 43 heavy (non-hydrogen) atoms. The molecule has 0 fully saturated rings. The molecule has 0 heterocycles. The summed E-state index contributed by atoms with van der Waals surface area (Å²) in [4.78, 5) is 27.1. The monoisotopic (exact) mass is 631 g/mol. The summed E-state index contributed by atoms with van der Waals surface area (Å²) in [5, 5.41) is 2.61. The Kier molecular flexibility index (Phi) is 10.2. The highest BCUT2D eigenvalue weighted by Crippen LogP contribution is 2.44. The van der Waals surface area contributed by atoms with Crippen molar-refractivity contribution in [1.82, 2.24) is 5.32 Å². The lowest BCUT2D eigenvalue weighted by Crippen LogP contribution is -2.42. The molecule has 0 bridgehead atoms. The maximum absolute atomic E-state index is 13.0. The Morgan fingerprint density at radius 3 is 1.70 bits per heavy atom. The number of hydrogen-bond donors (Lipinski definition) is 1. The molecule has 1 N–H and O–H groups in total. The molecule has 0 aliphatic heterocycles. The highest BCUT2D eigenvalue weighted by Gasteiger charge is 2.30. The topological polar surface area (TPSA) is 102 Å². The highest BCUT2D eigenvalue weighted by atomic mass is 32.2. The van der Waals surface area contributed by atoms with Gasteiger partial charge < -0.3 is 19.2 Å². The van der Waals surface area contributed by atoms with Crippen molar-refractivity contribution in [2.24, 2.45) is 0 Å². The van der Waals surface area contributed by atoms with Crippen molar-refractivity contribution in [2.45, 2.75) is 33.9 Å². The SMILES string of the molecule is CC(=O)[C@H](CSC(c1ccc([S+](C)[O-])cc1)c1ccc([S+](C)[O-])cc1)NC(=O)OCC1c2ccccc2-c2ccccc21. The van der Waals surface area contributed by atoms with Gasteiger partial charge in [0.1, 0.15) is 19.1 Å². The van der Waals surface area contributed by atoms with Gasteiger partial charge in [-0.3, -0.25) is 4.79 Å². The Morgan fingerprint density at radius 1 is 0.791 bits per heavy atom. The van der Waals surface area contributed by atoms with Gasteiger partial charge in [-0.2, -0.15) is 0 Å². The van der Waals surface area contributed by atoms with Gasteiger partial charge in [-0.15, -0.1) is 11.8 Å². The van der Waals surface area contributed by atoms with Gasteiger partial charge in [-0.25, -0.2) is 4.79 Å². The minimum atomic E-state index is -1.10. The molecule has 0 radical (unpaired) electrons. The van der Waals surface area contributed by atoms with Gasteiger partial charge in [0.15, 0.2) is 15.6 Å². The predicted molar refractivity (Wildman–Crippen MR) is 175 cm³/mol. The van der Waals surface area contributed by atoms with Crippen LogP contribution in [-0.4, -0.2) is 51.9 Å². The number of Topliss-reactive ketones (excluding diaryl/α,β-unsaturated/α-hetero) is 1. The standard InChI is InChI=1S/C34H33NO5S3/c1-22(36)32(35-34(37)40-20-31-29-10-6-4-8-27(29)28-9-5-7-11-30(28)31)21-41-33(23-12-16-25(17-13-23)42(2)38)24-14-18-26(19-15-24)43(3)39/h4-19,31-33H,20-21H2,1-3H3,(H,35,37)/t32-,33?,42?,43?/m0/s1. The molecule has 4 aromatic rings. The number of benzene rings is 4. The van der Waals surface area contributed by atoms with E-state index in [1.165, 1.54) is 18.7 Å². The molecule has 1 aliphatic rings. The molecule has 0 saturated heterocycles. The maximum atomic E-state index is 13.0. The number of ketones is 1. The van der Waals surface area contributed by atoms with Crippen molar-refractivity contribution in [3.05, 3.63) is 119 Å². The summed E-state index contributed by atoms with van der Waals surface area (Å²) in [6.07, 6.45) is 2.64. The van der Waals surface area contributed by atoms with Gasteiger partial charge in [-0.05, 0) is 86.9 Å². The van der Waals surface area contributed by atoms with Gasteiger partial charge in [-0.1, -0.05) is 72.8 Å². The fraction of sp³-hybridized carbons (Fsp3) is 0.235. The third-order valence-electron chi connectivity index (χ3n) is 7.59. The third-order valence-corrected chi connectivity index (χ3v) is 10.9. The van der Waals surface area contributed by atoms with E-state index in [0.717, 1.165) is 43.2 Å². The Hall–Kier alpha value is -3.21. The average molecular weight is 632 g/mol. The van der Waals surface area contributed by atoms with Gasteiger partial charge in [0.25, 0.3) is 0 Å². The molecule has 5 rings (SSSR count). The minimum absolute atomic E-state index is 0.0754. The zero-order valence-corrected chi connectivity index (χ0v) is 26.6. The smallest absolute Gasteiger partial charge is 0.407 e. The molecule has 9 heteroatoms. The lowest BCUT2D eigenvalue weighted by atomic mass is 9.98. The largest absolute Gasteiger partial charge is 0.612 e. The van der Waals surface area contributed by atoms with Gasteiger partial charge in [0, 0.05) is 11.7 Å². The number of alkyl carbamates (subject to hydrolysis) is 1. The summed E-state index contributed by atoms with van der Waals surface area (Å²) in [7, 11) is 0. The summed E-state index contributed by atoms with van der Waals surface area (Å²) >= 11 is -0.687. The molecule has 0 aromatic heterocycles. The molecule has 4 aromatic carbocycles. The van der Waals surface area contributed by atoms with Crippen LogP contribution in [0.4, 0.5) is 4.79 Å². The Balaban J connectivity index is 1.28. The van der Waals surface area contributed by atoms with Crippen LogP contribution >= 0.6 is 11.8 Å². The summed E-state index contributed by atoms with van der Waals surface area (Å²) in [6.45, 7) is 1.62. The molecule has 1 amide bonds. The molecule has 6 nitrogen and oxygen atoms in total.